The fraction of sp³-hybridized carbons (Fsp3) is 0.440. The number of benzene rings is 2. The van der Waals surface area contributed by atoms with Gasteiger partial charge in [-0.05, 0) is 54.7 Å². The van der Waals surface area contributed by atoms with E-state index in [-0.39, 0.29) is 17.7 Å². The molecule has 5 heteroatoms. The molecule has 3 aliphatic heterocycles. The van der Waals surface area contributed by atoms with Gasteiger partial charge in [0, 0.05) is 50.9 Å². The molecule has 5 nitrogen and oxygen atoms in total. The second-order valence-corrected chi connectivity index (χ2v) is 9.06. The Kier molecular flexibility index (Phi) is 4.86. The highest BCUT2D eigenvalue weighted by Crippen LogP contribution is 2.30. The van der Waals surface area contributed by atoms with E-state index in [1.165, 1.54) is 22.3 Å². The van der Waals surface area contributed by atoms with Crippen molar-refractivity contribution >= 4 is 17.5 Å². The zero-order valence-electron chi connectivity index (χ0n) is 17.8. The molecule has 5 rings (SSSR count). The summed E-state index contributed by atoms with van der Waals surface area (Å²) in [5.41, 5.74) is 6.16. The van der Waals surface area contributed by atoms with Crippen LogP contribution in [-0.4, -0.2) is 53.8 Å². The molecule has 3 aliphatic rings. The van der Waals surface area contributed by atoms with E-state index in [1.807, 2.05) is 23.1 Å². The van der Waals surface area contributed by atoms with Gasteiger partial charge in [0.15, 0.2) is 0 Å². The van der Waals surface area contributed by atoms with Gasteiger partial charge in [0.1, 0.15) is 0 Å². The third-order valence-electron chi connectivity index (χ3n) is 7.13. The first-order chi connectivity index (χ1) is 14.5. The summed E-state index contributed by atoms with van der Waals surface area (Å²) in [4.78, 5) is 31.9. The molecule has 0 aliphatic carbocycles. The van der Waals surface area contributed by atoms with E-state index in [2.05, 4.69) is 43.0 Å². The normalized spacial score (nSPS) is 22.2. The highest BCUT2D eigenvalue weighted by Gasteiger charge is 2.42. The smallest absolute Gasteiger partial charge is 0.228 e. The lowest BCUT2D eigenvalue weighted by molar-refractivity contribution is -0.143. The standard InChI is InChI=1S/C25H29N3O2/c1-17-7-8-22(11-18(17)2)28-14-21(12-24(28)29)25(30)27-15-23(16-27)26-10-9-19-5-3-4-6-20(19)13-26/h3-8,11,21,23H,9-10,12-16H2,1-2H3. The molecule has 156 valence electrons. The third-order valence-corrected chi connectivity index (χ3v) is 7.13. The van der Waals surface area contributed by atoms with E-state index >= 15 is 0 Å². The van der Waals surface area contributed by atoms with Gasteiger partial charge in [-0.1, -0.05) is 30.3 Å². The van der Waals surface area contributed by atoms with E-state index in [0.29, 0.717) is 19.0 Å². The first kappa shape index (κ1) is 19.3. The number of likely N-dealkylation sites (tertiary alicyclic amines) is 1. The van der Waals surface area contributed by atoms with Crippen molar-refractivity contribution in [3.63, 3.8) is 0 Å². The van der Waals surface area contributed by atoms with Crippen molar-refractivity contribution in [2.45, 2.75) is 39.3 Å². The number of nitrogens with zero attached hydrogens (tertiary/aromatic N) is 3. The maximum atomic E-state index is 13.0. The predicted molar refractivity (Wildman–Crippen MR) is 117 cm³/mol. The van der Waals surface area contributed by atoms with Crippen molar-refractivity contribution < 1.29 is 9.59 Å². The fourth-order valence-corrected chi connectivity index (χ4v) is 4.97. The summed E-state index contributed by atoms with van der Waals surface area (Å²) < 4.78 is 0. The molecular formula is C25H29N3O2. The van der Waals surface area contributed by atoms with Gasteiger partial charge in [-0.25, -0.2) is 0 Å². The molecule has 2 aromatic rings. The van der Waals surface area contributed by atoms with Gasteiger partial charge in [-0.15, -0.1) is 0 Å². The minimum atomic E-state index is -0.220. The van der Waals surface area contributed by atoms with E-state index in [4.69, 9.17) is 0 Å². The molecule has 2 aromatic carbocycles. The van der Waals surface area contributed by atoms with E-state index in [0.717, 1.165) is 38.3 Å². The highest BCUT2D eigenvalue weighted by atomic mass is 16.2. The molecule has 3 heterocycles. The Bertz CT molecular complexity index is 996. The molecule has 0 aromatic heterocycles. The molecule has 1 unspecified atom stereocenters. The van der Waals surface area contributed by atoms with Crippen LogP contribution in [0.2, 0.25) is 0 Å². The number of anilines is 1. The second kappa shape index (κ2) is 7.55. The van der Waals surface area contributed by atoms with Crippen LogP contribution in [-0.2, 0) is 22.6 Å². The van der Waals surface area contributed by atoms with Crippen molar-refractivity contribution in [1.82, 2.24) is 9.80 Å². The van der Waals surface area contributed by atoms with Gasteiger partial charge >= 0.3 is 0 Å². The average Bonchev–Trinajstić information content (AvgIpc) is 3.10. The van der Waals surface area contributed by atoms with Crippen LogP contribution < -0.4 is 4.90 Å². The van der Waals surface area contributed by atoms with Crippen LogP contribution in [0.3, 0.4) is 0 Å². The summed E-state index contributed by atoms with van der Waals surface area (Å²) >= 11 is 0. The van der Waals surface area contributed by atoms with Crippen LogP contribution in [0.25, 0.3) is 0 Å². The maximum absolute atomic E-state index is 13.0. The van der Waals surface area contributed by atoms with Crippen molar-refractivity contribution in [1.29, 1.82) is 0 Å². The van der Waals surface area contributed by atoms with Gasteiger partial charge in [-0.3, -0.25) is 14.5 Å². The number of carbonyl (C=O) groups is 2. The van der Waals surface area contributed by atoms with Crippen LogP contribution in [0.1, 0.15) is 28.7 Å². The fourth-order valence-electron chi connectivity index (χ4n) is 4.97. The number of hydrogen-bond acceptors (Lipinski definition) is 3. The van der Waals surface area contributed by atoms with Crippen molar-refractivity contribution in [2.75, 3.05) is 31.1 Å². The van der Waals surface area contributed by atoms with Gasteiger partial charge in [0.05, 0.1) is 5.92 Å². The highest BCUT2D eigenvalue weighted by molar-refractivity contribution is 6.00. The number of rotatable bonds is 3. The van der Waals surface area contributed by atoms with Crippen molar-refractivity contribution in [3.05, 3.63) is 64.7 Å². The van der Waals surface area contributed by atoms with Crippen LogP contribution in [0.5, 0.6) is 0 Å². The minimum Gasteiger partial charge on any atom is -0.339 e. The lowest BCUT2D eigenvalue weighted by Crippen LogP contribution is -2.62. The van der Waals surface area contributed by atoms with Crippen LogP contribution in [0.4, 0.5) is 5.69 Å². The second-order valence-electron chi connectivity index (χ2n) is 9.06. The van der Waals surface area contributed by atoms with Crippen LogP contribution in [0.15, 0.2) is 42.5 Å². The zero-order chi connectivity index (χ0) is 20.8. The lowest BCUT2D eigenvalue weighted by Gasteiger charge is -2.47. The topological polar surface area (TPSA) is 43.9 Å². The van der Waals surface area contributed by atoms with Crippen LogP contribution in [0, 0.1) is 19.8 Å². The Morgan fingerprint density at radius 1 is 0.967 bits per heavy atom. The number of carbonyl (C=O) groups excluding carboxylic acids is 2. The largest absolute Gasteiger partial charge is 0.339 e. The molecule has 0 N–H and O–H groups in total. The number of fused-ring (bicyclic) bond motifs is 1. The summed E-state index contributed by atoms with van der Waals surface area (Å²) in [6.45, 7) is 8.24. The van der Waals surface area contributed by atoms with Gasteiger partial charge in [0.2, 0.25) is 11.8 Å². The first-order valence-electron chi connectivity index (χ1n) is 11.0. The zero-order valence-corrected chi connectivity index (χ0v) is 17.8. The number of hydrogen-bond donors (Lipinski definition) is 0. The van der Waals surface area contributed by atoms with Crippen molar-refractivity contribution in [2.24, 2.45) is 5.92 Å². The summed E-state index contributed by atoms with van der Waals surface area (Å²) in [7, 11) is 0. The maximum Gasteiger partial charge on any atom is 0.228 e. The number of amides is 2. The first-order valence-corrected chi connectivity index (χ1v) is 11.0. The number of aryl methyl sites for hydroxylation is 2. The molecule has 0 spiro atoms. The minimum absolute atomic E-state index is 0.0568. The quantitative estimate of drug-likeness (QED) is 0.792. The summed E-state index contributed by atoms with van der Waals surface area (Å²) in [5, 5.41) is 0. The van der Waals surface area contributed by atoms with E-state index in [9.17, 15) is 9.59 Å². The molecule has 30 heavy (non-hydrogen) atoms. The third kappa shape index (κ3) is 3.41. The van der Waals surface area contributed by atoms with E-state index in [1.54, 1.807) is 4.90 Å². The SMILES string of the molecule is Cc1ccc(N2CC(C(=O)N3CC(N4CCc5ccccc5C4)C3)CC2=O)cc1C. The van der Waals surface area contributed by atoms with Gasteiger partial charge < -0.3 is 9.80 Å². The molecule has 2 saturated heterocycles. The summed E-state index contributed by atoms with van der Waals surface area (Å²) in [6.07, 6.45) is 1.41. The van der Waals surface area contributed by atoms with Crippen LogP contribution >= 0.6 is 0 Å². The molecule has 2 amide bonds. The Balaban J connectivity index is 1.18. The Morgan fingerprint density at radius 2 is 1.73 bits per heavy atom. The summed E-state index contributed by atoms with van der Waals surface area (Å²) in [5.74, 6) is -0.0215. The predicted octanol–water partition coefficient (Wildman–Crippen LogP) is 2.93. The van der Waals surface area contributed by atoms with Gasteiger partial charge in [-0.2, -0.15) is 0 Å². The molecule has 2 fully saturated rings. The monoisotopic (exact) mass is 403 g/mol. The molecule has 0 radical (unpaired) electrons. The average molecular weight is 404 g/mol. The lowest BCUT2D eigenvalue weighted by atomic mass is 9.95. The molecule has 1 atom stereocenters. The molecule has 0 bridgehead atoms. The summed E-state index contributed by atoms with van der Waals surface area (Å²) in [6, 6.07) is 15.2. The Morgan fingerprint density at radius 3 is 2.50 bits per heavy atom. The Hall–Kier alpha value is -2.66. The van der Waals surface area contributed by atoms with E-state index < -0.39 is 0 Å². The van der Waals surface area contributed by atoms with Crippen molar-refractivity contribution in [3.8, 4) is 0 Å². The molecule has 0 saturated carbocycles. The Labute approximate surface area is 178 Å². The van der Waals surface area contributed by atoms with Gasteiger partial charge in [0.25, 0.3) is 0 Å². The molecular weight excluding hydrogens is 374 g/mol.